The second-order valence-corrected chi connectivity index (χ2v) is 6.70. The van der Waals surface area contributed by atoms with Crippen molar-refractivity contribution in [2.75, 3.05) is 13.2 Å². The SMILES string of the molecule is O=C(O)CC1(CC(=O)N2CCCCC2CCO)CCCC1. The molecule has 1 unspecified atom stereocenters. The van der Waals surface area contributed by atoms with Crippen LogP contribution in [0.15, 0.2) is 0 Å². The molecule has 1 heterocycles. The largest absolute Gasteiger partial charge is 0.481 e. The number of hydrogen-bond acceptors (Lipinski definition) is 3. The molecule has 1 aliphatic heterocycles. The molecule has 1 saturated heterocycles. The molecule has 5 heteroatoms. The van der Waals surface area contributed by atoms with Gasteiger partial charge in [0.15, 0.2) is 0 Å². The molecule has 2 fully saturated rings. The van der Waals surface area contributed by atoms with Gasteiger partial charge in [-0.15, -0.1) is 0 Å². The van der Waals surface area contributed by atoms with Crippen LogP contribution >= 0.6 is 0 Å². The molecule has 1 saturated carbocycles. The van der Waals surface area contributed by atoms with Crippen LogP contribution in [0.4, 0.5) is 0 Å². The summed E-state index contributed by atoms with van der Waals surface area (Å²) >= 11 is 0. The van der Waals surface area contributed by atoms with Gasteiger partial charge in [-0.1, -0.05) is 12.8 Å². The molecule has 2 rings (SSSR count). The molecule has 2 aliphatic rings. The molecule has 21 heavy (non-hydrogen) atoms. The van der Waals surface area contributed by atoms with Crippen LogP contribution in [0, 0.1) is 5.41 Å². The Balaban J connectivity index is 2.01. The summed E-state index contributed by atoms with van der Waals surface area (Å²) in [6, 6.07) is 0.138. The van der Waals surface area contributed by atoms with E-state index in [2.05, 4.69) is 0 Å². The molecule has 1 aliphatic carbocycles. The first-order valence-corrected chi connectivity index (χ1v) is 8.18. The number of carboxylic acid groups (broad SMARTS) is 1. The monoisotopic (exact) mass is 297 g/mol. The Labute approximate surface area is 126 Å². The zero-order valence-electron chi connectivity index (χ0n) is 12.7. The minimum atomic E-state index is -0.796. The fourth-order valence-corrected chi connectivity index (χ4v) is 4.06. The molecular formula is C16H27NO4. The smallest absolute Gasteiger partial charge is 0.303 e. The number of carbonyl (C=O) groups is 2. The van der Waals surface area contributed by atoms with Crippen LogP contribution in [0.2, 0.25) is 0 Å². The van der Waals surface area contributed by atoms with Gasteiger partial charge in [-0.3, -0.25) is 9.59 Å². The maximum Gasteiger partial charge on any atom is 0.303 e. The number of nitrogens with zero attached hydrogens (tertiary/aromatic N) is 1. The summed E-state index contributed by atoms with van der Waals surface area (Å²) in [7, 11) is 0. The van der Waals surface area contributed by atoms with Crippen molar-refractivity contribution in [1.82, 2.24) is 4.90 Å². The molecule has 0 aromatic carbocycles. The zero-order chi connectivity index (χ0) is 15.3. The summed E-state index contributed by atoms with van der Waals surface area (Å²) in [5.74, 6) is -0.702. The molecule has 5 nitrogen and oxygen atoms in total. The molecule has 2 N–H and O–H groups in total. The van der Waals surface area contributed by atoms with Crippen molar-refractivity contribution >= 4 is 11.9 Å². The van der Waals surface area contributed by atoms with Gasteiger partial charge in [-0.25, -0.2) is 0 Å². The maximum absolute atomic E-state index is 12.7. The molecular weight excluding hydrogens is 270 g/mol. The Morgan fingerprint density at radius 1 is 1.10 bits per heavy atom. The van der Waals surface area contributed by atoms with E-state index in [0.29, 0.717) is 12.8 Å². The van der Waals surface area contributed by atoms with Gasteiger partial charge in [-0.05, 0) is 43.9 Å². The minimum absolute atomic E-state index is 0.0938. The van der Waals surface area contributed by atoms with Gasteiger partial charge in [0.25, 0.3) is 0 Å². The highest BCUT2D eigenvalue weighted by Gasteiger charge is 2.40. The van der Waals surface area contributed by atoms with E-state index in [1.54, 1.807) is 0 Å². The van der Waals surface area contributed by atoms with Gasteiger partial charge in [0.1, 0.15) is 0 Å². The molecule has 0 aromatic heterocycles. The van der Waals surface area contributed by atoms with Gasteiger partial charge < -0.3 is 15.1 Å². The number of carbonyl (C=O) groups excluding carboxylic acids is 1. The molecule has 120 valence electrons. The molecule has 0 radical (unpaired) electrons. The van der Waals surface area contributed by atoms with E-state index >= 15 is 0 Å². The third-order valence-electron chi connectivity index (χ3n) is 5.13. The minimum Gasteiger partial charge on any atom is -0.481 e. The zero-order valence-corrected chi connectivity index (χ0v) is 12.7. The number of aliphatic hydroxyl groups excluding tert-OH is 1. The number of piperidine rings is 1. The quantitative estimate of drug-likeness (QED) is 0.787. The summed E-state index contributed by atoms with van der Waals surface area (Å²) < 4.78 is 0. The van der Waals surface area contributed by atoms with E-state index in [0.717, 1.165) is 51.5 Å². The van der Waals surface area contributed by atoms with Crippen LogP contribution in [0.5, 0.6) is 0 Å². The lowest BCUT2D eigenvalue weighted by Crippen LogP contribution is -2.46. The van der Waals surface area contributed by atoms with Crippen LogP contribution in [0.3, 0.4) is 0 Å². The van der Waals surface area contributed by atoms with Gasteiger partial charge in [0, 0.05) is 25.6 Å². The van der Waals surface area contributed by atoms with Crippen molar-refractivity contribution in [1.29, 1.82) is 0 Å². The Morgan fingerprint density at radius 2 is 1.81 bits per heavy atom. The van der Waals surface area contributed by atoms with Gasteiger partial charge in [-0.2, -0.15) is 0 Å². The van der Waals surface area contributed by atoms with Crippen LogP contribution in [0.25, 0.3) is 0 Å². The highest BCUT2D eigenvalue weighted by molar-refractivity contribution is 5.78. The lowest BCUT2D eigenvalue weighted by molar-refractivity contribution is -0.142. The Bertz CT molecular complexity index is 374. The van der Waals surface area contributed by atoms with Crippen LogP contribution in [0.1, 0.15) is 64.2 Å². The Morgan fingerprint density at radius 3 is 2.43 bits per heavy atom. The average molecular weight is 297 g/mol. The van der Waals surface area contributed by atoms with E-state index in [4.69, 9.17) is 10.2 Å². The standard InChI is InChI=1S/C16H27NO4/c18-10-6-13-5-1-4-9-17(13)14(19)11-16(12-15(20)21)7-2-3-8-16/h13,18H,1-12H2,(H,20,21). The van der Waals surface area contributed by atoms with Gasteiger partial charge in [0.05, 0.1) is 6.42 Å². The number of aliphatic hydroxyl groups is 1. The average Bonchev–Trinajstić information content (AvgIpc) is 2.87. The molecule has 0 spiro atoms. The topological polar surface area (TPSA) is 77.8 Å². The Hall–Kier alpha value is -1.10. The van der Waals surface area contributed by atoms with Gasteiger partial charge >= 0.3 is 5.97 Å². The summed E-state index contributed by atoms with van der Waals surface area (Å²) in [5, 5.41) is 18.3. The fraction of sp³-hybridized carbons (Fsp3) is 0.875. The highest BCUT2D eigenvalue weighted by atomic mass is 16.4. The van der Waals surface area contributed by atoms with Crippen molar-refractivity contribution in [3.63, 3.8) is 0 Å². The maximum atomic E-state index is 12.7. The second-order valence-electron chi connectivity index (χ2n) is 6.70. The van der Waals surface area contributed by atoms with Crippen LogP contribution in [-0.4, -0.2) is 46.2 Å². The van der Waals surface area contributed by atoms with E-state index < -0.39 is 5.97 Å². The first-order valence-electron chi connectivity index (χ1n) is 8.18. The predicted molar refractivity (Wildman–Crippen MR) is 78.8 cm³/mol. The van der Waals surface area contributed by atoms with E-state index in [1.807, 2.05) is 4.90 Å². The summed E-state index contributed by atoms with van der Waals surface area (Å²) in [5.41, 5.74) is -0.329. The third-order valence-corrected chi connectivity index (χ3v) is 5.13. The fourth-order valence-electron chi connectivity index (χ4n) is 4.06. The van der Waals surface area contributed by atoms with Gasteiger partial charge in [0.2, 0.25) is 5.91 Å². The van der Waals surface area contributed by atoms with Crippen LogP contribution < -0.4 is 0 Å². The van der Waals surface area contributed by atoms with Crippen molar-refractivity contribution in [3.05, 3.63) is 0 Å². The number of rotatable bonds is 6. The number of carboxylic acids is 1. The lowest BCUT2D eigenvalue weighted by atomic mass is 9.78. The van der Waals surface area contributed by atoms with Crippen LogP contribution in [-0.2, 0) is 9.59 Å². The highest BCUT2D eigenvalue weighted by Crippen LogP contribution is 2.44. The summed E-state index contributed by atoms with van der Waals surface area (Å²) in [6.45, 7) is 0.862. The molecule has 0 aromatic rings. The predicted octanol–water partition coefficient (Wildman–Crippen LogP) is 2.18. The number of hydrogen-bond donors (Lipinski definition) is 2. The van der Waals surface area contributed by atoms with Crippen molar-refractivity contribution in [3.8, 4) is 0 Å². The number of aliphatic carboxylic acids is 1. The Kier molecular flexibility index (Phi) is 5.62. The van der Waals surface area contributed by atoms with Crippen molar-refractivity contribution in [2.24, 2.45) is 5.41 Å². The van der Waals surface area contributed by atoms with E-state index in [-0.39, 0.29) is 30.4 Å². The molecule has 1 amide bonds. The normalized spacial score (nSPS) is 25.0. The molecule has 0 bridgehead atoms. The summed E-state index contributed by atoms with van der Waals surface area (Å²) in [6.07, 6.45) is 7.94. The van der Waals surface area contributed by atoms with E-state index in [1.165, 1.54) is 0 Å². The first kappa shape index (κ1) is 16.3. The summed E-state index contributed by atoms with van der Waals surface area (Å²) in [4.78, 5) is 25.7. The second kappa shape index (κ2) is 7.25. The van der Waals surface area contributed by atoms with Crippen molar-refractivity contribution in [2.45, 2.75) is 70.3 Å². The van der Waals surface area contributed by atoms with E-state index in [9.17, 15) is 9.59 Å². The molecule has 1 atom stereocenters. The number of amides is 1. The first-order chi connectivity index (χ1) is 10.1. The third kappa shape index (κ3) is 4.19. The van der Waals surface area contributed by atoms with Crippen molar-refractivity contribution < 1.29 is 19.8 Å². The lowest BCUT2D eigenvalue weighted by Gasteiger charge is -2.38. The number of likely N-dealkylation sites (tertiary alicyclic amines) is 1.